The Kier molecular flexibility index (Phi) is 8.44. The number of ether oxygens (including phenoxy) is 1. The van der Waals surface area contributed by atoms with Crippen molar-refractivity contribution in [3.05, 3.63) is 76.9 Å². The smallest absolute Gasteiger partial charge is 0.272 e. The predicted molar refractivity (Wildman–Crippen MR) is 147 cm³/mol. The maximum absolute atomic E-state index is 13.9. The number of rotatable bonds is 7. The van der Waals surface area contributed by atoms with Crippen molar-refractivity contribution < 1.29 is 14.3 Å². The molecular weight excluding hydrogens is 448 g/mol. The van der Waals surface area contributed by atoms with Gasteiger partial charge >= 0.3 is 0 Å². The second kappa shape index (κ2) is 11.2. The first-order chi connectivity index (χ1) is 17.0. The molecule has 5 nitrogen and oxygen atoms in total. The van der Waals surface area contributed by atoms with Crippen molar-refractivity contribution >= 4 is 22.6 Å². The highest BCUT2D eigenvalue weighted by atomic mass is 16.5. The van der Waals surface area contributed by atoms with Crippen LogP contribution in [-0.2, 0) is 4.79 Å². The van der Waals surface area contributed by atoms with E-state index in [0.717, 1.165) is 46.1 Å². The Labute approximate surface area is 215 Å². The van der Waals surface area contributed by atoms with Gasteiger partial charge < -0.3 is 4.74 Å². The van der Waals surface area contributed by atoms with E-state index in [0.29, 0.717) is 5.56 Å². The first kappa shape index (κ1) is 27.3. The van der Waals surface area contributed by atoms with Crippen molar-refractivity contribution in [2.24, 2.45) is 5.41 Å². The second-order valence-electron chi connectivity index (χ2n) is 10.9. The minimum Gasteiger partial charge on any atom is -0.497 e. The van der Waals surface area contributed by atoms with Gasteiger partial charge in [0.15, 0.2) is 0 Å². The Balaban J connectivity index is 2.00. The summed E-state index contributed by atoms with van der Waals surface area (Å²) in [4.78, 5) is 27.6. The lowest BCUT2D eigenvalue weighted by Gasteiger charge is -2.40. The Morgan fingerprint density at radius 3 is 2.25 bits per heavy atom. The van der Waals surface area contributed by atoms with Crippen LogP contribution >= 0.6 is 0 Å². The lowest BCUT2D eigenvalue weighted by Crippen LogP contribution is -2.57. The van der Waals surface area contributed by atoms with Crippen LogP contribution in [0.25, 0.3) is 10.8 Å². The average Bonchev–Trinajstić information content (AvgIpc) is 2.83. The molecule has 36 heavy (non-hydrogen) atoms. The number of nitrogens with zero attached hydrogens (tertiary/aromatic N) is 1. The van der Waals surface area contributed by atoms with Gasteiger partial charge in [-0.1, -0.05) is 75.6 Å². The monoisotopic (exact) mass is 488 g/mol. The van der Waals surface area contributed by atoms with E-state index in [1.165, 1.54) is 0 Å². The Morgan fingerprint density at radius 2 is 1.67 bits per heavy atom. The summed E-state index contributed by atoms with van der Waals surface area (Å²) in [5.41, 5.74) is 6.36. The normalized spacial score (nSPS) is 13.2. The number of nitrogens with one attached hydrogen (secondary N) is 1. The van der Waals surface area contributed by atoms with E-state index >= 15 is 0 Å². The van der Waals surface area contributed by atoms with Crippen LogP contribution < -0.4 is 10.2 Å². The molecule has 0 saturated heterocycles. The summed E-state index contributed by atoms with van der Waals surface area (Å²) in [7, 11) is 1.64. The fourth-order valence-corrected chi connectivity index (χ4v) is 4.88. The van der Waals surface area contributed by atoms with Gasteiger partial charge in [0, 0.05) is 5.56 Å². The summed E-state index contributed by atoms with van der Waals surface area (Å²) < 4.78 is 5.37. The van der Waals surface area contributed by atoms with Gasteiger partial charge in [0.2, 0.25) is 5.91 Å². The molecule has 3 rings (SSSR count). The van der Waals surface area contributed by atoms with Crippen molar-refractivity contribution in [3.63, 3.8) is 0 Å². The zero-order valence-electron chi connectivity index (χ0n) is 22.9. The molecule has 0 aliphatic carbocycles. The highest BCUT2D eigenvalue weighted by Gasteiger charge is 2.35. The number of hydrogen-bond donors (Lipinski definition) is 1. The van der Waals surface area contributed by atoms with E-state index in [4.69, 9.17) is 4.74 Å². The number of hydrogen-bond acceptors (Lipinski definition) is 3. The van der Waals surface area contributed by atoms with Crippen LogP contribution in [0.1, 0.15) is 80.4 Å². The van der Waals surface area contributed by atoms with Gasteiger partial charge in [-0.05, 0) is 73.2 Å². The lowest BCUT2D eigenvalue weighted by molar-refractivity contribution is -0.128. The van der Waals surface area contributed by atoms with Crippen LogP contribution in [0.3, 0.4) is 0 Å². The summed E-state index contributed by atoms with van der Waals surface area (Å²) in [6, 6.07) is 17.5. The SMILES string of the molecule is CCC[C@@H](N(NC(=O)[C@@H](C)c1cccc2cc(OC)ccc12)C(=O)c1cc(C)cc(C)c1)C(C)(C)C. The third-order valence-electron chi connectivity index (χ3n) is 6.77. The maximum Gasteiger partial charge on any atom is 0.272 e. The highest BCUT2D eigenvalue weighted by Crippen LogP contribution is 2.31. The second-order valence-corrected chi connectivity index (χ2v) is 10.9. The third-order valence-corrected chi connectivity index (χ3v) is 6.77. The van der Waals surface area contributed by atoms with Crippen molar-refractivity contribution in [1.82, 2.24) is 10.4 Å². The quantitative estimate of drug-likeness (QED) is 0.366. The lowest BCUT2D eigenvalue weighted by atomic mass is 9.83. The summed E-state index contributed by atoms with van der Waals surface area (Å²) in [6.45, 7) is 14.3. The van der Waals surface area contributed by atoms with Crippen LogP contribution in [0.2, 0.25) is 0 Å². The predicted octanol–water partition coefficient (Wildman–Crippen LogP) is 6.96. The number of amides is 2. The largest absolute Gasteiger partial charge is 0.497 e. The molecule has 0 saturated carbocycles. The molecule has 0 aromatic heterocycles. The average molecular weight is 489 g/mol. The van der Waals surface area contributed by atoms with Crippen LogP contribution in [-0.4, -0.2) is 30.0 Å². The molecular formula is C31H40N2O3. The highest BCUT2D eigenvalue weighted by molar-refractivity contribution is 5.98. The van der Waals surface area contributed by atoms with Crippen LogP contribution in [0.15, 0.2) is 54.6 Å². The molecule has 192 valence electrons. The topological polar surface area (TPSA) is 58.6 Å². The molecule has 0 heterocycles. The van der Waals surface area contributed by atoms with Gasteiger partial charge in [0.1, 0.15) is 5.75 Å². The molecule has 0 fully saturated rings. The molecule has 0 unspecified atom stereocenters. The number of fused-ring (bicyclic) bond motifs is 1. The molecule has 5 heteroatoms. The number of methoxy groups -OCH3 is 1. The van der Waals surface area contributed by atoms with E-state index < -0.39 is 5.92 Å². The fraction of sp³-hybridized carbons (Fsp3) is 0.419. The number of aryl methyl sites for hydroxylation is 2. The van der Waals surface area contributed by atoms with Crippen LogP contribution in [0.4, 0.5) is 0 Å². The molecule has 0 bridgehead atoms. The molecule has 0 radical (unpaired) electrons. The molecule has 0 spiro atoms. The van der Waals surface area contributed by atoms with Crippen molar-refractivity contribution in [2.45, 2.75) is 73.3 Å². The van der Waals surface area contributed by atoms with Crippen LogP contribution in [0.5, 0.6) is 5.75 Å². The molecule has 0 aliphatic rings. The first-order valence-corrected chi connectivity index (χ1v) is 12.7. The van der Waals surface area contributed by atoms with Gasteiger partial charge in [0.05, 0.1) is 19.1 Å². The van der Waals surface area contributed by atoms with Gasteiger partial charge in [-0.15, -0.1) is 0 Å². The van der Waals surface area contributed by atoms with Gasteiger partial charge in [-0.2, -0.15) is 0 Å². The minimum absolute atomic E-state index is 0.163. The van der Waals surface area contributed by atoms with Crippen molar-refractivity contribution in [1.29, 1.82) is 0 Å². The zero-order valence-corrected chi connectivity index (χ0v) is 22.9. The fourth-order valence-electron chi connectivity index (χ4n) is 4.88. The Morgan fingerprint density at radius 1 is 1.00 bits per heavy atom. The number of carbonyl (C=O) groups excluding carboxylic acids is 2. The molecule has 3 aromatic rings. The van der Waals surface area contributed by atoms with Gasteiger partial charge in [-0.25, -0.2) is 5.01 Å². The van der Waals surface area contributed by atoms with Crippen molar-refractivity contribution in [3.8, 4) is 5.75 Å². The van der Waals surface area contributed by atoms with Crippen molar-refractivity contribution in [2.75, 3.05) is 7.11 Å². The maximum atomic E-state index is 13.9. The standard InChI is InChI=1S/C31H40N2O3/c1-9-11-28(31(5,6)7)33(30(35)24-17-20(2)16-21(3)18-24)32-29(34)22(4)26-13-10-12-23-19-25(36-8)14-15-27(23)26/h10,12-19,22,28H,9,11H2,1-8H3,(H,32,34)/t22-,28+/m0/s1. The molecule has 2 atom stereocenters. The van der Waals surface area contributed by atoms with E-state index in [1.54, 1.807) is 12.1 Å². The molecule has 1 N–H and O–H groups in total. The number of carbonyl (C=O) groups is 2. The third kappa shape index (κ3) is 6.07. The number of benzene rings is 3. The Bertz CT molecular complexity index is 1220. The van der Waals surface area contributed by atoms with E-state index in [1.807, 2.05) is 75.4 Å². The molecule has 0 aliphatic heterocycles. The van der Waals surface area contributed by atoms with Crippen LogP contribution in [0, 0.1) is 19.3 Å². The van der Waals surface area contributed by atoms with E-state index in [2.05, 4.69) is 33.1 Å². The summed E-state index contributed by atoms with van der Waals surface area (Å²) in [5.74, 6) is -0.0757. The minimum atomic E-state index is -0.459. The summed E-state index contributed by atoms with van der Waals surface area (Å²) in [5, 5.41) is 3.59. The zero-order chi connectivity index (χ0) is 26.6. The Hall–Kier alpha value is -3.34. The van der Waals surface area contributed by atoms with Gasteiger partial charge in [0.25, 0.3) is 5.91 Å². The summed E-state index contributed by atoms with van der Waals surface area (Å²) in [6.07, 6.45) is 1.68. The number of hydrazine groups is 1. The summed E-state index contributed by atoms with van der Waals surface area (Å²) >= 11 is 0. The van der Waals surface area contributed by atoms with E-state index in [-0.39, 0.29) is 23.3 Å². The molecule has 3 aromatic carbocycles. The van der Waals surface area contributed by atoms with E-state index in [9.17, 15) is 9.59 Å². The molecule has 2 amide bonds. The van der Waals surface area contributed by atoms with Gasteiger partial charge in [-0.3, -0.25) is 15.0 Å². The first-order valence-electron chi connectivity index (χ1n) is 12.7.